The minimum absolute atomic E-state index is 0.00477. The smallest absolute Gasteiger partial charge is 0.228 e. The van der Waals surface area contributed by atoms with Crippen LogP contribution in [-0.4, -0.2) is 17.9 Å². The Morgan fingerprint density at radius 2 is 1.80 bits per heavy atom. The molecule has 0 aromatic heterocycles. The first-order valence-electron chi connectivity index (χ1n) is 6.61. The van der Waals surface area contributed by atoms with Gasteiger partial charge in [-0.3, -0.25) is 9.59 Å². The van der Waals surface area contributed by atoms with Gasteiger partial charge in [0.2, 0.25) is 11.8 Å². The molecule has 0 saturated heterocycles. The highest BCUT2D eigenvalue weighted by atomic mass is 35.5. The lowest BCUT2D eigenvalue weighted by molar-refractivity contribution is -0.125. The predicted molar refractivity (Wildman–Crippen MR) is 77.9 cm³/mol. The normalized spacial score (nSPS) is 24.1. The zero-order chi connectivity index (χ0) is 14.3. The number of carbonyl (C=O) groups is 2. The van der Waals surface area contributed by atoms with Gasteiger partial charge >= 0.3 is 0 Å². The van der Waals surface area contributed by atoms with Crippen LogP contribution in [-0.2, 0) is 9.59 Å². The zero-order valence-electron chi connectivity index (χ0n) is 10.7. The zero-order valence-corrected chi connectivity index (χ0v) is 12.2. The van der Waals surface area contributed by atoms with E-state index in [0.717, 1.165) is 12.8 Å². The minimum Gasteiger partial charge on any atom is -0.353 e. The van der Waals surface area contributed by atoms with Crippen LogP contribution in [0.4, 0.5) is 5.69 Å². The number of halogens is 2. The third-order valence-corrected chi connectivity index (χ3v) is 4.12. The Balaban J connectivity index is 1.56. The van der Waals surface area contributed by atoms with E-state index in [1.54, 1.807) is 18.2 Å². The van der Waals surface area contributed by atoms with Crippen molar-refractivity contribution in [2.45, 2.75) is 25.3 Å². The van der Waals surface area contributed by atoms with Gasteiger partial charge in [0.25, 0.3) is 0 Å². The molecule has 0 radical (unpaired) electrons. The summed E-state index contributed by atoms with van der Waals surface area (Å²) < 4.78 is 0. The van der Waals surface area contributed by atoms with E-state index in [2.05, 4.69) is 10.6 Å². The van der Waals surface area contributed by atoms with Crippen molar-refractivity contribution >= 4 is 40.7 Å². The standard InChI is InChI=1S/C14H14Cl2N2O2/c15-7-1-4-12(11(16)5-7)18-14(20)10-6-9(10)13(19)17-8-2-3-8/h1,4-5,8-10H,2-3,6H2,(H,17,19)(H,18,20). The van der Waals surface area contributed by atoms with Crippen LogP contribution >= 0.6 is 23.2 Å². The fourth-order valence-electron chi connectivity index (χ4n) is 2.13. The summed E-state index contributed by atoms with van der Waals surface area (Å²) >= 11 is 11.8. The number of amides is 2. The van der Waals surface area contributed by atoms with Crippen molar-refractivity contribution in [3.8, 4) is 0 Å². The maximum Gasteiger partial charge on any atom is 0.228 e. The molecule has 2 amide bonds. The highest BCUT2D eigenvalue weighted by molar-refractivity contribution is 6.36. The number of nitrogens with one attached hydrogen (secondary N) is 2. The van der Waals surface area contributed by atoms with Gasteiger partial charge in [0.1, 0.15) is 0 Å². The summed E-state index contributed by atoms with van der Waals surface area (Å²) in [7, 11) is 0. The van der Waals surface area contributed by atoms with Gasteiger partial charge in [0.05, 0.1) is 22.5 Å². The highest BCUT2D eigenvalue weighted by Crippen LogP contribution is 2.40. The van der Waals surface area contributed by atoms with Crippen molar-refractivity contribution in [2.24, 2.45) is 11.8 Å². The Morgan fingerprint density at radius 3 is 2.45 bits per heavy atom. The molecule has 0 spiro atoms. The Hall–Kier alpha value is -1.26. The lowest BCUT2D eigenvalue weighted by atomic mass is 10.2. The summed E-state index contributed by atoms with van der Waals surface area (Å²) in [5, 5.41) is 6.57. The molecular weight excluding hydrogens is 299 g/mol. The van der Waals surface area contributed by atoms with E-state index in [9.17, 15) is 9.59 Å². The molecule has 2 atom stereocenters. The maximum absolute atomic E-state index is 12.0. The molecule has 2 N–H and O–H groups in total. The molecule has 2 unspecified atom stereocenters. The lowest BCUT2D eigenvalue weighted by Gasteiger charge is -2.07. The quantitative estimate of drug-likeness (QED) is 0.898. The van der Waals surface area contributed by atoms with E-state index in [0.29, 0.717) is 28.2 Å². The van der Waals surface area contributed by atoms with Crippen LogP contribution in [0.3, 0.4) is 0 Å². The van der Waals surface area contributed by atoms with Crippen LogP contribution in [0, 0.1) is 11.8 Å². The van der Waals surface area contributed by atoms with E-state index in [-0.39, 0.29) is 23.7 Å². The molecule has 106 valence electrons. The van der Waals surface area contributed by atoms with Crippen molar-refractivity contribution in [3.63, 3.8) is 0 Å². The van der Waals surface area contributed by atoms with E-state index >= 15 is 0 Å². The summed E-state index contributed by atoms with van der Waals surface area (Å²) in [4.78, 5) is 23.8. The van der Waals surface area contributed by atoms with Crippen LogP contribution < -0.4 is 10.6 Å². The Morgan fingerprint density at radius 1 is 1.10 bits per heavy atom. The van der Waals surface area contributed by atoms with Gasteiger partial charge in [-0.25, -0.2) is 0 Å². The van der Waals surface area contributed by atoms with Crippen molar-refractivity contribution in [3.05, 3.63) is 28.2 Å². The Bertz CT molecular complexity index is 572. The maximum atomic E-state index is 12.0. The number of hydrogen-bond donors (Lipinski definition) is 2. The average molecular weight is 313 g/mol. The van der Waals surface area contributed by atoms with Crippen LogP contribution in [0.5, 0.6) is 0 Å². The van der Waals surface area contributed by atoms with E-state index in [1.165, 1.54) is 0 Å². The van der Waals surface area contributed by atoms with Crippen LogP contribution in [0.15, 0.2) is 18.2 Å². The molecule has 4 nitrogen and oxygen atoms in total. The molecule has 0 heterocycles. The van der Waals surface area contributed by atoms with Crippen LogP contribution in [0.25, 0.3) is 0 Å². The SMILES string of the molecule is O=C(Nc1ccc(Cl)cc1Cl)C1CC1C(=O)NC1CC1. The summed E-state index contributed by atoms with van der Waals surface area (Å²) in [5.74, 6) is -0.609. The third kappa shape index (κ3) is 3.07. The molecule has 2 fully saturated rings. The molecule has 0 bridgehead atoms. The molecule has 2 aliphatic rings. The molecule has 0 aliphatic heterocycles. The third-order valence-electron chi connectivity index (χ3n) is 3.58. The highest BCUT2D eigenvalue weighted by Gasteiger charge is 2.48. The lowest BCUT2D eigenvalue weighted by Crippen LogP contribution is -2.29. The van der Waals surface area contributed by atoms with Gasteiger partial charge in [-0.05, 0) is 37.5 Å². The number of carbonyl (C=O) groups excluding carboxylic acids is 2. The van der Waals surface area contributed by atoms with Crippen LogP contribution in [0.2, 0.25) is 10.0 Å². The molecule has 20 heavy (non-hydrogen) atoms. The number of rotatable bonds is 4. The van der Waals surface area contributed by atoms with Crippen molar-refractivity contribution in [1.29, 1.82) is 0 Å². The Labute approximate surface area is 126 Å². The molecule has 2 aliphatic carbocycles. The first kappa shape index (κ1) is 13.7. The van der Waals surface area contributed by atoms with Gasteiger partial charge in [0.15, 0.2) is 0 Å². The fourth-order valence-corrected chi connectivity index (χ4v) is 2.58. The largest absolute Gasteiger partial charge is 0.353 e. The predicted octanol–water partition coefficient (Wildman–Crippen LogP) is 2.85. The Kier molecular flexibility index (Phi) is 3.61. The minimum atomic E-state index is -0.250. The second-order valence-corrected chi connectivity index (χ2v) is 6.19. The van der Waals surface area contributed by atoms with Crippen molar-refractivity contribution in [2.75, 3.05) is 5.32 Å². The number of benzene rings is 1. The first-order chi connectivity index (χ1) is 9.54. The summed E-state index contributed by atoms with van der Waals surface area (Å²) in [5.41, 5.74) is 0.523. The van der Waals surface area contributed by atoms with Gasteiger partial charge in [0, 0.05) is 11.1 Å². The topological polar surface area (TPSA) is 58.2 Å². The fraction of sp³-hybridized carbons (Fsp3) is 0.429. The second-order valence-electron chi connectivity index (χ2n) is 5.34. The monoisotopic (exact) mass is 312 g/mol. The number of hydrogen-bond acceptors (Lipinski definition) is 2. The van der Waals surface area contributed by atoms with Crippen LogP contribution in [0.1, 0.15) is 19.3 Å². The van der Waals surface area contributed by atoms with E-state index < -0.39 is 0 Å². The second kappa shape index (κ2) is 5.26. The van der Waals surface area contributed by atoms with Gasteiger partial charge in [-0.1, -0.05) is 23.2 Å². The van der Waals surface area contributed by atoms with Gasteiger partial charge < -0.3 is 10.6 Å². The average Bonchev–Trinajstić information content (AvgIpc) is 3.24. The molecule has 1 aromatic rings. The number of anilines is 1. The molecule has 2 saturated carbocycles. The van der Waals surface area contributed by atoms with Gasteiger partial charge in [-0.2, -0.15) is 0 Å². The summed E-state index contributed by atoms with van der Waals surface area (Å²) in [6.07, 6.45) is 2.71. The summed E-state index contributed by atoms with van der Waals surface area (Å²) in [6.45, 7) is 0. The summed E-state index contributed by atoms with van der Waals surface area (Å²) in [6, 6.07) is 5.22. The molecular formula is C14H14Cl2N2O2. The molecule has 3 rings (SSSR count). The van der Waals surface area contributed by atoms with E-state index in [1.807, 2.05) is 0 Å². The van der Waals surface area contributed by atoms with Crippen molar-refractivity contribution in [1.82, 2.24) is 5.32 Å². The molecule has 6 heteroatoms. The van der Waals surface area contributed by atoms with Gasteiger partial charge in [-0.15, -0.1) is 0 Å². The first-order valence-corrected chi connectivity index (χ1v) is 7.36. The molecule has 1 aromatic carbocycles. The van der Waals surface area contributed by atoms with E-state index in [4.69, 9.17) is 23.2 Å². The van der Waals surface area contributed by atoms with Crippen molar-refractivity contribution < 1.29 is 9.59 Å².